The van der Waals surface area contributed by atoms with Gasteiger partial charge in [-0.25, -0.2) is 0 Å². The highest BCUT2D eigenvalue weighted by Gasteiger charge is 2.20. The number of nitrogens with zero attached hydrogens (tertiary/aromatic N) is 2. The second kappa shape index (κ2) is 4.47. The van der Waals surface area contributed by atoms with Crippen molar-refractivity contribution in [3.63, 3.8) is 0 Å². The quantitative estimate of drug-likeness (QED) is 0.895. The minimum absolute atomic E-state index is 0.559. The number of benzene rings is 1. The summed E-state index contributed by atoms with van der Waals surface area (Å²) in [5.74, 6) is 0.789. The summed E-state index contributed by atoms with van der Waals surface area (Å²) in [5.41, 5.74) is 8.88. The Morgan fingerprint density at radius 3 is 2.78 bits per heavy atom. The van der Waals surface area contributed by atoms with Crippen LogP contribution in [0.2, 0.25) is 0 Å². The van der Waals surface area contributed by atoms with Crippen LogP contribution in [-0.2, 0) is 13.1 Å². The molecule has 1 aromatic carbocycles. The fraction of sp³-hybridized carbons (Fsp3) is 0.400. The monoisotopic (exact) mass is 239 g/mol. The van der Waals surface area contributed by atoms with E-state index in [-0.39, 0.29) is 0 Å². The van der Waals surface area contributed by atoms with E-state index in [1.807, 2.05) is 18.2 Å². The predicted molar refractivity (Wildman–Crippen MR) is 71.9 cm³/mol. The van der Waals surface area contributed by atoms with Crippen molar-refractivity contribution < 1.29 is 0 Å². The molecule has 2 aromatic rings. The third-order valence-corrected chi connectivity index (χ3v) is 3.99. The zero-order valence-electron chi connectivity index (χ0n) is 10.4. The third kappa shape index (κ3) is 1.79. The van der Waals surface area contributed by atoms with Crippen LogP contribution in [0, 0.1) is 17.2 Å². The fourth-order valence-corrected chi connectivity index (χ4v) is 2.70. The number of nitrogens with two attached hydrogens (primary N) is 1. The van der Waals surface area contributed by atoms with Crippen LogP contribution in [-0.4, -0.2) is 4.57 Å². The average molecular weight is 239 g/mol. The van der Waals surface area contributed by atoms with E-state index >= 15 is 0 Å². The maximum absolute atomic E-state index is 9.01. The van der Waals surface area contributed by atoms with Crippen molar-refractivity contribution in [2.45, 2.75) is 32.4 Å². The molecule has 0 radical (unpaired) electrons. The molecule has 1 saturated carbocycles. The van der Waals surface area contributed by atoms with Crippen LogP contribution in [0.3, 0.4) is 0 Å². The zero-order valence-corrected chi connectivity index (χ0v) is 10.4. The molecule has 3 nitrogen and oxygen atoms in total. The smallest absolute Gasteiger partial charge is 0.0992 e. The summed E-state index contributed by atoms with van der Waals surface area (Å²) >= 11 is 0. The normalized spacial score (nSPS) is 15.6. The summed E-state index contributed by atoms with van der Waals surface area (Å²) < 4.78 is 2.31. The number of rotatable bonds is 3. The van der Waals surface area contributed by atoms with Gasteiger partial charge in [0.2, 0.25) is 0 Å². The lowest BCUT2D eigenvalue weighted by molar-refractivity contribution is 0.277. The molecule has 18 heavy (non-hydrogen) atoms. The summed E-state index contributed by atoms with van der Waals surface area (Å²) in [5, 5.41) is 10.2. The van der Waals surface area contributed by atoms with E-state index in [9.17, 15) is 0 Å². The SMILES string of the molecule is N#Cc1ccc2cc(CN)n(CC3CCC3)c2c1. The highest BCUT2D eigenvalue weighted by molar-refractivity contribution is 5.82. The van der Waals surface area contributed by atoms with E-state index in [1.165, 1.54) is 30.3 Å². The summed E-state index contributed by atoms with van der Waals surface area (Å²) in [4.78, 5) is 0. The maximum Gasteiger partial charge on any atom is 0.0992 e. The van der Waals surface area contributed by atoms with Gasteiger partial charge in [-0.3, -0.25) is 0 Å². The van der Waals surface area contributed by atoms with Crippen molar-refractivity contribution in [3.8, 4) is 6.07 Å². The molecule has 1 heterocycles. The molecular formula is C15H17N3. The highest BCUT2D eigenvalue weighted by atomic mass is 15.0. The van der Waals surface area contributed by atoms with Gasteiger partial charge in [0.05, 0.1) is 11.6 Å². The summed E-state index contributed by atoms with van der Waals surface area (Å²) in [7, 11) is 0. The van der Waals surface area contributed by atoms with Gasteiger partial charge in [-0.1, -0.05) is 12.5 Å². The van der Waals surface area contributed by atoms with Gasteiger partial charge in [-0.15, -0.1) is 0 Å². The largest absolute Gasteiger partial charge is 0.343 e. The molecule has 0 aliphatic heterocycles. The molecule has 1 aliphatic carbocycles. The molecule has 0 unspecified atom stereocenters. The van der Waals surface area contributed by atoms with Crippen LogP contribution in [0.5, 0.6) is 0 Å². The fourth-order valence-electron chi connectivity index (χ4n) is 2.70. The third-order valence-electron chi connectivity index (χ3n) is 3.99. The lowest BCUT2D eigenvalue weighted by Crippen LogP contribution is -2.20. The molecule has 3 heteroatoms. The minimum atomic E-state index is 0.559. The van der Waals surface area contributed by atoms with Crippen LogP contribution in [0.4, 0.5) is 0 Å². The van der Waals surface area contributed by atoms with Crippen molar-refractivity contribution in [3.05, 3.63) is 35.5 Å². The minimum Gasteiger partial charge on any atom is -0.343 e. The highest BCUT2D eigenvalue weighted by Crippen LogP contribution is 2.31. The Morgan fingerprint density at radius 2 is 2.17 bits per heavy atom. The Balaban J connectivity index is 2.09. The predicted octanol–water partition coefficient (Wildman–Crippen LogP) is 2.77. The molecule has 0 atom stereocenters. The first-order valence-corrected chi connectivity index (χ1v) is 6.54. The van der Waals surface area contributed by atoms with E-state index in [4.69, 9.17) is 11.0 Å². The Bertz CT molecular complexity index is 614. The number of hydrogen-bond donors (Lipinski definition) is 1. The van der Waals surface area contributed by atoms with Crippen LogP contribution >= 0.6 is 0 Å². The van der Waals surface area contributed by atoms with Crippen molar-refractivity contribution in [2.75, 3.05) is 0 Å². The van der Waals surface area contributed by atoms with Gasteiger partial charge >= 0.3 is 0 Å². The van der Waals surface area contributed by atoms with Crippen LogP contribution in [0.15, 0.2) is 24.3 Å². The van der Waals surface area contributed by atoms with Gasteiger partial charge in [0, 0.05) is 24.3 Å². The Hall–Kier alpha value is -1.79. The van der Waals surface area contributed by atoms with Crippen molar-refractivity contribution in [1.82, 2.24) is 4.57 Å². The van der Waals surface area contributed by atoms with E-state index in [2.05, 4.69) is 16.7 Å². The lowest BCUT2D eigenvalue weighted by Gasteiger charge is -2.27. The van der Waals surface area contributed by atoms with Crippen molar-refractivity contribution in [1.29, 1.82) is 5.26 Å². The molecule has 1 fully saturated rings. The van der Waals surface area contributed by atoms with Gasteiger partial charge in [0.25, 0.3) is 0 Å². The maximum atomic E-state index is 9.01. The van der Waals surface area contributed by atoms with Gasteiger partial charge in [0.1, 0.15) is 0 Å². The lowest BCUT2D eigenvalue weighted by atomic mass is 9.85. The molecule has 0 saturated heterocycles. The molecule has 1 aliphatic rings. The first-order chi connectivity index (χ1) is 8.81. The van der Waals surface area contributed by atoms with Crippen molar-refractivity contribution >= 4 is 10.9 Å². The second-order valence-electron chi connectivity index (χ2n) is 5.13. The average Bonchev–Trinajstić information content (AvgIpc) is 2.70. The number of nitriles is 1. The van der Waals surface area contributed by atoms with Gasteiger partial charge in [-0.2, -0.15) is 5.26 Å². The molecule has 3 rings (SSSR count). The van der Waals surface area contributed by atoms with Gasteiger partial charge in [0.15, 0.2) is 0 Å². The van der Waals surface area contributed by atoms with Gasteiger partial charge < -0.3 is 10.3 Å². The first-order valence-electron chi connectivity index (χ1n) is 6.54. The summed E-state index contributed by atoms with van der Waals surface area (Å²) in [6.45, 7) is 1.61. The second-order valence-corrected chi connectivity index (χ2v) is 5.13. The number of fused-ring (bicyclic) bond motifs is 1. The number of aromatic nitrogens is 1. The zero-order chi connectivity index (χ0) is 12.5. The van der Waals surface area contributed by atoms with Crippen LogP contribution < -0.4 is 5.73 Å². The molecule has 2 N–H and O–H groups in total. The molecule has 0 spiro atoms. The molecule has 1 aromatic heterocycles. The number of hydrogen-bond acceptors (Lipinski definition) is 2. The Kier molecular flexibility index (Phi) is 2.81. The van der Waals surface area contributed by atoms with Crippen LogP contribution in [0.1, 0.15) is 30.5 Å². The molecule has 0 amide bonds. The standard InChI is InChI=1S/C15H17N3/c16-8-12-4-5-13-7-14(9-17)18(15(13)6-12)10-11-2-1-3-11/h4-7,11H,1-3,9-10,17H2. The van der Waals surface area contributed by atoms with E-state index in [0.717, 1.165) is 23.5 Å². The Morgan fingerprint density at radius 1 is 1.33 bits per heavy atom. The molecule has 92 valence electrons. The first kappa shape index (κ1) is 11.3. The van der Waals surface area contributed by atoms with E-state index < -0.39 is 0 Å². The summed E-state index contributed by atoms with van der Waals surface area (Å²) in [6.07, 6.45) is 3.99. The van der Waals surface area contributed by atoms with Crippen LogP contribution in [0.25, 0.3) is 10.9 Å². The van der Waals surface area contributed by atoms with Gasteiger partial charge in [-0.05, 0) is 42.3 Å². The molecule has 0 bridgehead atoms. The summed E-state index contributed by atoms with van der Waals surface area (Å²) in [6, 6.07) is 10.2. The Labute approximate surface area is 107 Å². The van der Waals surface area contributed by atoms with E-state index in [1.54, 1.807) is 0 Å². The van der Waals surface area contributed by atoms with E-state index in [0.29, 0.717) is 6.54 Å². The topological polar surface area (TPSA) is 54.7 Å². The molecular weight excluding hydrogens is 222 g/mol. The van der Waals surface area contributed by atoms with Crippen molar-refractivity contribution in [2.24, 2.45) is 11.7 Å².